The molecule has 2 aromatic rings. The molecule has 0 spiro atoms. The third kappa shape index (κ3) is 4.58. The zero-order valence-electron chi connectivity index (χ0n) is 15.2. The summed E-state index contributed by atoms with van der Waals surface area (Å²) in [6.07, 6.45) is 0. The molecule has 1 aliphatic rings. The van der Waals surface area contributed by atoms with Crippen LogP contribution in [0.4, 0.5) is 5.00 Å². The van der Waals surface area contributed by atoms with Gasteiger partial charge in [-0.1, -0.05) is 0 Å². The molecule has 28 heavy (non-hydrogen) atoms. The van der Waals surface area contributed by atoms with Gasteiger partial charge >= 0.3 is 5.97 Å². The summed E-state index contributed by atoms with van der Waals surface area (Å²) in [5, 5.41) is 3.19. The molecule has 0 atom stereocenters. The number of hydrogen-bond donors (Lipinski definition) is 1. The number of nitrogens with zero attached hydrogens (tertiary/aromatic N) is 1. The average Bonchev–Trinajstić information content (AvgIpc) is 3.17. The first-order chi connectivity index (χ1) is 13.4. The quantitative estimate of drug-likeness (QED) is 0.714. The van der Waals surface area contributed by atoms with Crippen molar-refractivity contribution < 1.29 is 27.5 Å². The highest BCUT2D eigenvalue weighted by molar-refractivity contribution is 7.89. The van der Waals surface area contributed by atoms with Crippen LogP contribution >= 0.6 is 11.3 Å². The zero-order chi connectivity index (χ0) is 20.1. The van der Waals surface area contributed by atoms with Crippen LogP contribution in [-0.4, -0.2) is 57.5 Å². The molecule has 0 bridgehead atoms. The van der Waals surface area contributed by atoms with Crippen molar-refractivity contribution in [2.24, 2.45) is 0 Å². The van der Waals surface area contributed by atoms with Crippen LogP contribution in [0.2, 0.25) is 0 Å². The number of nitrogens with one attached hydrogen (secondary N) is 1. The number of hydrogen-bond acceptors (Lipinski definition) is 7. The maximum atomic E-state index is 12.6. The highest BCUT2D eigenvalue weighted by Crippen LogP contribution is 2.24. The number of amides is 1. The molecule has 1 fully saturated rings. The predicted octanol–water partition coefficient (Wildman–Crippen LogP) is 2.20. The Hall–Kier alpha value is -2.27. The number of anilines is 1. The van der Waals surface area contributed by atoms with Crippen molar-refractivity contribution in [3.8, 4) is 0 Å². The van der Waals surface area contributed by atoms with Crippen LogP contribution in [-0.2, 0) is 19.5 Å². The average molecular weight is 425 g/mol. The minimum absolute atomic E-state index is 0.131. The minimum Gasteiger partial charge on any atom is -0.462 e. The SMILES string of the molecule is CCOC(=O)c1ccc(NC(=O)c2ccc(S(=O)(=O)N3CCOCC3)cc2)s1. The van der Waals surface area contributed by atoms with Crippen molar-refractivity contribution in [3.05, 3.63) is 46.8 Å². The van der Waals surface area contributed by atoms with E-state index in [9.17, 15) is 18.0 Å². The number of ether oxygens (including phenoxy) is 2. The number of sulfonamides is 1. The van der Waals surface area contributed by atoms with Gasteiger partial charge in [-0.15, -0.1) is 11.3 Å². The van der Waals surface area contributed by atoms with Crippen molar-refractivity contribution in [1.29, 1.82) is 0 Å². The van der Waals surface area contributed by atoms with Crippen LogP contribution in [0.15, 0.2) is 41.3 Å². The smallest absolute Gasteiger partial charge is 0.348 e. The van der Waals surface area contributed by atoms with Crippen molar-refractivity contribution in [3.63, 3.8) is 0 Å². The van der Waals surface area contributed by atoms with E-state index in [1.165, 1.54) is 28.6 Å². The van der Waals surface area contributed by atoms with E-state index in [1.54, 1.807) is 19.1 Å². The van der Waals surface area contributed by atoms with Crippen molar-refractivity contribution in [1.82, 2.24) is 4.31 Å². The molecular formula is C18H20N2O6S2. The van der Waals surface area contributed by atoms with Crippen molar-refractivity contribution >= 4 is 38.2 Å². The lowest BCUT2D eigenvalue weighted by Crippen LogP contribution is -2.40. The first-order valence-corrected chi connectivity index (χ1v) is 10.9. The third-order valence-electron chi connectivity index (χ3n) is 4.04. The first-order valence-electron chi connectivity index (χ1n) is 8.68. The number of morpholine rings is 1. The summed E-state index contributed by atoms with van der Waals surface area (Å²) in [4.78, 5) is 24.6. The van der Waals surface area contributed by atoms with Crippen LogP contribution in [0.3, 0.4) is 0 Å². The van der Waals surface area contributed by atoms with Crippen molar-refractivity contribution in [2.45, 2.75) is 11.8 Å². The van der Waals surface area contributed by atoms with Crippen LogP contribution in [0.25, 0.3) is 0 Å². The maximum absolute atomic E-state index is 12.6. The monoisotopic (exact) mass is 424 g/mol. The van der Waals surface area contributed by atoms with Gasteiger partial charge < -0.3 is 14.8 Å². The summed E-state index contributed by atoms with van der Waals surface area (Å²) < 4.78 is 36.7. The molecule has 2 heterocycles. The number of carbonyl (C=O) groups is 2. The van der Waals surface area contributed by atoms with E-state index in [0.717, 1.165) is 11.3 Å². The van der Waals surface area contributed by atoms with Gasteiger partial charge in [-0.2, -0.15) is 4.31 Å². The lowest BCUT2D eigenvalue weighted by Gasteiger charge is -2.26. The Balaban J connectivity index is 1.68. The fourth-order valence-corrected chi connectivity index (χ4v) is 4.82. The van der Waals surface area contributed by atoms with Gasteiger partial charge in [0, 0.05) is 18.7 Å². The molecule has 0 radical (unpaired) electrons. The molecule has 1 aromatic heterocycles. The Labute approximate surface area is 167 Å². The van der Waals surface area contributed by atoms with Gasteiger partial charge in [-0.3, -0.25) is 4.79 Å². The summed E-state index contributed by atoms with van der Waals surface area (Å²) in [6, 6.07) is 8.95. The fourth-order valence-electron chi connectivity index (χ4n) is 2.62. The van der Waals surface area contributed by atoms with Crippen molar-refractivity contribution in [2.75, 3.05) is 38.2 Å². The maximum Gasteiger partial charge on any atom is 0.348 e. The molecule has 0 aliphatic carbocycles. The predicted molar refractivity (Wildman–Crippen MR) is 104 cm³/mol. The molecular weight excluding hydrogens is 404 g/mol. The Kier molecular flexibility index (Phi) is 6.45. The van der Waals surface area contributed by atoms with E-state index >= 15 is 0 Å². The highest BCUT2D eigenvalue weighted by atomic mass is 32.2. The Morgan fingerprint density at radius 3 is 2.46 bits per heavy atom. The summed E-state index contributed by atoms with van der Waals surface area (Å²) in [5.74, 6) is -0.835. The molecule has 10 heteroatoms. The fraction of sp³-hybridized carbons (Fsp3) is 0.333. The molecule has 0 unspecified atom stereocenters. The molecule has 1 amide bonds. The summed E-state index contributed by atoms with van der Waals surface area (Å²) >= 11 is 1.11. The van der Waals surface area contributed by atoms with E-state index < -0.39 is 21.9 Å². The summed E-state index contributed by atoms with van der Waals surface area (Å²) in [7, 11) is -3.60. The number of thiophene rings is 1. The first kappa shape index (κ1) is 20.5. The van der Waals surface area contributed by atoms with Crippen LogP contribution in [0, 0.1) is 0 Å². The molecule has 1 N–H and O–H groups in total. The third-order valence-corrected chi connectivity index (χ3v) is 6.94. The van der Waals surface area contributed by atoms with E-state index in [-0.39, 0.29) is 11.5 Å². The number of esters is 1. The number of benzene rings is 1. The summed E-state index contributed by atoms with van der Waals surface area (Å²) in [6.45, 7) is 3.36. The van der Waals surface area contributed by atoms with E-state index in [4.69, 9.17) is 9.47 Å². The lowest BCUT2D eigenvalue weighted by atomic mass is 10.2. The molecule has 150 valence electrons. The molecule has 1 saturated heterocycles. The zero-order valence-corrected chi connectivity index (χ0v) is 16.8. The molecule has 8 nitrogen and oxygen atoms in total. The second-order valence-corrected chi connectivity index (χ2v) is 8.90. The second-order valence-electron chi connectivity index (χ2n) is 5.88. The molecule has 3 rings (SSSR count). The molecule has 1 aromatic carbocycles. The molecule has 0 saturated carbocycles. The van der Waals surface area contributed by atoms with Crippen LogP contribution in [0.1, 0.15) is 27.0 Å². The Morgan fingerprint density at radius 2 is 1.82 bits per heavy atom. The van der Waals surface area contributed by atoms with Gasteiger partial charge in [-0.05, 0) is 43.3 Å². The number of rotatable bonds is 6. The summed E-state index contributed by atoms with van der Waals surface area (Å²) in [5.41, 5.74) is 0.312. The Morgan fingerprint density at radius 1 is 1.14 bits per heavy atom. The van der Waals surface area contributed by atoms with Gasteiger partial charge in [0.15, 0.2) is 0 Å². The molecule has 1 aliphatic heterocycles. The lowest BCUT2D eigenvalue weighted by molar-refractivity contribution is 0.0532. The Bertz CT molecular complexity index is 947. The minimum atomic E-state index is -3.60. The van der Waals surface area contributed by atoms with Gasteiger partial charge in [0.25, 0.3) is 5.91 Å². The number of carbonyl (C=O) groups excluding carboxylic acids is 2. The van der Waals surface area contributed by atoms with E-state index in [0.29, 0.717) is 41.7 Å². The van der Waals surface area contributed by atoms with E-state index in [1.807, 2.05) is 0 Å². The second kappa shape index (κ2) is 8.82. The normalized spacial score (nSPS) is 15.2. The van der Waals surface area contributed by atoms with Gasteiger partial charge in [0.1, 0.15) is 4.88 Å². The largest absolute Gasteiger partial charge is 0.462 e. The topological polar surface area (TPSA) is 102 Å². The van der Waals surface area contributed by atoms with Crippen LogP contribution in [0.5, 0.6) is 0 Å². The van der Waals surface area contributed by atoms with Crippen LogP contribution < -0.4 is 5.32 Å². The van der Waals surface area contributed by atoms with Gasteiger partial charge in [0.05, 0.1) is 29.7 Å². The standard InChI is InChI=1S/C18H20N2O6S2/c1-2-26-18(22)15-7-8-16(27-15)19-17(21)13-3-5-14(6-4-13)28(23,24)20-9-11-25-12-10-20/h3-8H,2,9-12H2,1H3,(H,19,21). The highest BCUT2D eigenvalue weighted by Gasteiger charge is 2.26. The van der Waals surface area contributed by atoms with Gasteiger partial charge in [-0.25, -0.2) is 13.2 Å². The van der Waals surface area contributed by atoms with E-state index in [2.05, 4.69) is 5.32 Å². The van der Waals surface area contributed by atoms with Gasteiger partial charge in [0.2, 0.25) is 10.0 Å².